The molecule has 0 aliphatic heterocycles. The normalized spacial score (nSPS) is 12.0. The fourth-order valence-corrected chi connectivity index (χ4v) is 1.51. The first-order valence-electron chi connectivity index (χ1n) is 5.67. The van der Waals surface area contributed by atoms with Gasteiger partial charge < -0.3 is 10.4 Å². The Morgan fingerprint density at radius 1 is 1.21 bits per heavy atom. The van der Waals surface area contributed by atoms with E-state index in [1.165, 1.54) is 12.1 Å². The van der Waals surface area contributed by atoms with Gasteiger partial charge in [0.25, 0.3) is 5.82 Å². The number of rotatable bonds is 5. The quantitative estimate of drug-likeness (QED) is 0.805. The Labute approximate surface area is 106 Å². The standard InChI is InChI=1S/C10H12F3N5O/c11-10(12,13)9-16-15-8-4-3-7(17-18(8)9)14-5-1-2-6-19/h3-4,19H,1-2,5-6H2,(H,14,17). The predicted molar refractivity (Wildman–Crippen MR) is 60.6 cm³/mol. The van der Waals surface area contributed by atoms with Crippen molar-refractivity contribution in [2.45, 2.75) is 19.0 Å². The maximum atomic E-state index is 12.6. The molecule has 0 atom stereocenters. The van der Waals surface area contributed by atoms with Crippen molar-refractivity contribution in [3.05, 3.63) is 18.0 Å². The zero-order valence-electron chi connectivity index (χ0n) is 9.85. The molecule has 0 aromatic carbocycles. The number of nitrogens with one attached hydrogen (secondary N) is 1. The van der Waals surface area contributed by atoms with E-state index in [1.807, 2.05) is 0 Å². The summed E-state index contributed by atoms with van der Waals surface area (Å²) in [5.74, 6) is -0.850. The van der Waals surface area contributed by atoms with Crippen LogP contribution in [0, 0.1) is 0 Å². The fraction of sp³-hybridized carbons (Fsp3) is 0.500. The van der Waals surface area contributed by atoms with Crippen LogP contribution in [-0.4, -0.2) is 38.1 Å². The molecule has 104 valence electrons. The van der Waals surface area contributed by atoms with Gasteiger partial charge in [0.15, 0.2) is 5.65 Å². The van der Waals surface area contributed by atoms with Crippen molar-refractivity contribution in [2.24, 2.45) is 0 Å². The van der Waals surface area contributed by atoms with Gasteiger partial charge in [-0.15, -0.1) is 15.3 Å². The molecule has 0 radical (unpaired) electrons. The Kier molecular flexibility index (Phi) is 3.84. The lowest BCUT2D eigenvalue weighted by atomic mass is 10.3. The molecular weight excluding hydrogens is 263 g/mol. The average Bonchev–Trinajstić information content (AvgIpc) is 2.77. The zero-order valence-corrected chi connectivity index (χ0v) is 9.85. The first kappa shape index (κ1) is 13.5. The van der Waals surface area contributed by atoms with E-state index in [2.05, 4.69) is 20.6 Å². The van der Waals surface area contributed by atoms with Crippen LogP contribution in [0.2, 0.25) is 0 Å². The number of aromatic nitrogens is 4. The molecule has 0 aliphatic rings. The highest BCUT2D eigenvalue weighted by atomic mass is 19.4. The van der Waals surface area contributed by atoms with Gasteiger partial charge in [-0.3, -0.25) is 0 Å². The van der Waals surface area contributed by atoms with Crippen molar-refractivity contribution in [3.8, 4) is 0 Å². The molecule has 0 saturated heterocycles. The Hall–Kier alpha value is -1.90. The summed E-state index contributed by atoms with van der Waals surface area (Å²) >= 11 is 0. The molecule has 0 spiro atoms. The van der Waals surface area contributed by atoms with E-state index in [-0.39, 0.29) is 12.3 Å². The zero-order chi connectivity index (χ0) is 13.9. The van der Waals surface area contributed by atoms with Crippen LogP contribution in [-0.2, 0) is 6.18 Å². The number of alkyl halides is 3. The van der Waals surface area contributed by atoms with E-state index < -0.39 is 12.0 Å². The first-order chi connectivity index (χ1) is 9.02. The van der Waals surface area contributed by atoms with Crippen molar-refractivity contribution in [1.82, 2.24) is 19.8 Å². The number of aliphatic hydroxyl groups excluding tert-OH is 1. The minimum absolute atomic E-state index is 0.0354. The SMILES string of the molecule is OCCCCNc1ccc2nnc(C(F)(F)F)n2n1. The molecule has 0 amide bonds. The molecule has 9 heteroatoms. The molecule has 2 rings (SSSR count). The number of hydrogen-bond acceptors (Lipinski definition) is 5. The lowest BCUT2D eigenvalue weighted by molar-refractivity contribution is -0.146. The molecule has 0 unspecified atom stereocenters. The summed E-state index contributed by atoms with van der Waals surface area (Å²) in [6.45, 7) is 0.598. The highest BCUT2D eigenvalue weighted by Crippen LogP contribution is 2.27. The van der Waals surface area contributed by atoms with E-state index in [0.29, 0.717) is 29.7 Å². The topological polar surface area (TPSA) is 75.3 Å². The van der Waals surface area contributed by atoms with E-state index in [1.54, 1.807) is 0 Å². The van der Waals surface area contributed by atoms with Crippen LogP contribution in [0.5, 0.6) is 0 Å². The summed E-state index contributed by atoms with van der Waals surface area (Å²) in [5.41, 5.74) is 0.0354. The highest BCUT2D eigenvalue weighted by Gasteiger charge is 2.37. The number of fused-ring (bicyclic) bond motifs is 1. The third kappa shape index (κ3) is 3.11. The molecule has 6 nitrogen and oxygen atoms in total. The number of anilines is 1. The van der Waals surface area contributed by atoms with Crippen LogP contribution in [0.25, 0.3) is 5.65 Å². The second kappa shape index (κ2) is 5.39. The van der Waals surface area contributed by atoms with E-state index in [9.17, 15) is 13.2 Å². The molecule has 0 bridgehead atoms. The van der Waals surface area contributed by atoms with Crippen LogP contribution >= 0.6 is 0 Å². The summed E-state index contributed by atoms with van der Waals surface area (Å²) < 4.78 is 38.5. The summed E-state index contributed by atoms with van der Waals surface area (Å²) in [7, 11) is 0. The maximum absolute atomic E-state index is 12.6. The van der Waals surface area contributed by atoms with Gasteiger partial charge >= 0.3 is 6.18 Å². The van der Waals surface area contributed by atoms with Crippen molar-refractivity contribution >= 4 is 11.5 Å². The molecule has 2 aromatic rings. The van der Waals surface area contributed by atoms with E-state index >= 15 is 0 Å². The van der Waals surface area contributed by atoms with E-state index in [0.717, 1.165) is 0 Å². The number of halogens is 3. The van der Waals surface area contributed by atoms with Crippen molar-refractivity contribution in [3.63, 3.8) is 0 Å². The summed E-state index contributed by atoms with van der Waals surface area (Å²) in [4.78, 5) is 0. The number of hydrogen-bond donors (Lipinski definition) is 2. The van der Waals surface area contributed by atoms with Crippen molar-refractivity contribution in [2.75, 3.05) is 18.5 Å². The van der Waals surface area contributed by atoms with Gasteiger partial charge in [0.1, 0.15) is 5.82 Å². The molecule has 19 heavy (non-hydrogen) atoms. The van der Waals surface area contributed by atoms with Gasteiger partial charge in [-0.1, -0.05) is 0 Å². The van der Waals surface area contributed by atoms with Gasteiger partial charge in [0.05, 0.1) is 0 Å². The van der Waals surface area contributed by atoms with Crippen LogP contribution in [0.3, 0.4) is 0 Å². The molecule has 2 heterocycles. The molecular formula is C10H12F3N5O. The highest BCUT2D eigenvalue weighted by molar-refractivity contribution is 5.44. The van der Waals surface area contributed by atoms with Gasteiger partial charge in [-0.05, 0) is 25.0 Å². The lowest BCUT2D eigenvalue weighted by Crippen LogP contribution is -2.13. The minimum atomic E-state index is -4.60. The first-order valence-corrected chi connectivity index (χ1v) is 5.67. The summed E-state index contributed by atoms with van der Waals surface area (Å²) in [6, 6.07) is 2.94. The Morgan fingerprint density at radius 2 is 2.00 bits per heavy atom. The Balaban J connectivity index is 2.19. The number of aliphatic hydroxyl groups is 1. The fourth-order valence-electron chi connectivity index (χ4n) is 1.51. The lowest BCUT2D eigenvalue weighted by Gasteiger charge is -2.06. The van der Waals surface area contributed by atoms with Gasteiger partial charge in [-0.25, -0.2) is 0 Å². The second-order valence-corrected chi connectivity index (χ2v) is 3.87. The van der Waals surface area contributed by atoms with Gasteiger partial charge in [0.2, 0.25) is 0 Å². The monoisotopic (exact) mass is 275 g/mol. The van der Waals surface area contributed by atoms with Gasteiger partial charge in [-0.2, -0.15) is 17.7 Å². The third-order valence-corrected chi connectivity index (χ3v) is 2.41. The van der Waals surface area contributed by atoms with Crippen LogP contribution in [0.15, 0.2) is 12.1 Å². The molecule has 0 saturated carbocycles. The Bertz CT molecular complexity index is 554. The summed E-state index contributed by atoms with van der Waals surface area (Å²) in [5, 5.41) is 21.8. The smallest absolute Gasteiger partial charge is 0.396 e. The van der Waals surface area contributed by atoms with E-state index in [4.69, 9.17) is 5.11 Å². The molecule has 2 aromatic heterocycles. The summed E-state index contributed by atoms with van der Waals surface area (Å²) in [6.07, 6.45) is -3.28. The molecule has 2 N–H and O–H groups in total. The maximum Gasteiger partial charge on any atom is 0.453 e. The van der Waals surface area contributed by atoms with Crippen molar-refractivity contribution < 1.29 is 18.3 Å². The minimum Gasteiger partial charge on any atom is -0.396 e. The van der Waals surface area contributed by atoms with Gasteiger partial charge in [0, 0.05) is 13.2 Å². The molecule has 0 fully saturated rings. The van der Waals surface area contributed by atoms with Crippen LogP contribution in [0.4, 0.5) is 19.0 Å². The van der Waals surface area contributed by atoms with Crippen LogP contribution < -0.4 is 5.32 Å². The number of unbranched alkanes of at least 4 members (excludes halogenated alkanes) is 1. The van der Waals surface area contributed by atoms with Crippen molar-refractivity contribution in [1.29, 1.82) is 0 Å². The Morgan fingerprint density at radius 3 is 2.68 bits per heavy atom. The second-order valence-electron chi connectivity index (χ2n) is 3.87. The largest absolute Gasteiger partial charge is 0.453 e. The third-order valence-electron chi connectivity index (χ3n) is 2.41. The average molecular weight is 275 g/mol. The van der Waals surface area contributed by atoms with Crippen LogP contribution in [0.1, 0.15) is 18.7 Å². The number of nitrogens with zero attached hydrogens (tertiary/aromatic N) is 4. The molecule has 0 aliphatic carbocycles. The predicted octanol–water partition coefficient (Wildman–Crippen LogP) is 1.33.